The van der Waals surface area contributed by atoms with Crippen LogP contribution in [0.1, 0.15) is 16.8 Å². The van der Waals surface area contributed by atoms with Crippen LogP contribution < -0.4 is 4.90 Å². The second kappa shape index (κ2) is 6.78. The van der Waals surface area contributed by atoms with Gasteiger partial charge in [0.2, 0.25) is 0 Å². The van der Waals surface area contributed by atoms with Gasteiger partial charge in [-0.25, -0.2) is 0 Å². The van der Waals surface area contributed by atoms with Crippen LogP contribution >= 0.6 is 23.2 Å². The molecule has 0 amide bonds. The van der Waals surface area contributed by atoms with E-state index in [9.17, 15) is 4.79 Å². The predicted molar refractivity (Wildman–Crippen MR) is 85.1 cm³/mol. The van der Waals surface area contributed by atoms with Gasteiger partial charge in [-0.3, -0.25) is 4.79 Å². The number of benzene rings is 2. The number of hydrogen-bond donors (Lipinski definition) is 0. The molecule has 0 aliphatic carbocycles. The third kappa shape index (κ3) is 3.53. The van der Waals surface area contributed by atoms with Crippen molar-refractivity contribution in [2.24, 2.45) is 0 Å². The minimum atomic E-state index is 0.000260. The Bertz CT molecular complexity index is 599. The fourth-order valence-electron chi connectivity index (χ4n) is 1.93. The number of carbonyl (C=O) groups excluding carboxylic acids is 1. The van der Waals surface area contributed by atoms with Crippen molar-refractivity contribution in [1.29, 1.82) is 0 Å². The maximum atomic E-state index is 12.2. The highest BCUT2D eigenvalue weighted by atomic mass is 35.5. The molecule has 0 aliphatic rings. The van der Waals surface area contributed by atoms with Crippen molar-refractivity contribution in [3.8, 4) is 0 Å². The van der Waals surface area contributed by atoms with Gasteiger partial charge in [-0.2, -0.15) is 0 Å². The average Bonchev–Trinajstić information content (AvgIpc) is 2.48. The number of Topliss-reactive ketones (excluding diaryl/α,β-unsaturated/α-hetero) is 1. The molecule has 2 aromatic rings. The smallest absolute Gasteiger partial charge is 0.166 e. The van der Waals surface area contributed by atoms with Crippen LogP contribution in [-0.2, 0) is 0 Å². The van der Waals surface area contributed by atoms with Crippen molar-refractivity contribution >= 4 is 34.7 Å². The van der Waals surface area contributed by atoms with E-state index in [0.717, 1.165) is 5.69 Å². The fourth-order valence-corrected chi connectivity index (χ4v) is 2.34. The molecule has 0 heterocycles. The van der Waals surface area contributed by atoms with E-state index in [1.54, 1.807) is 18.2 Å². The largest absolute Gasteiger partial charge is 0.374 e. The predicted octanol–water partition coefficient (Wildman–Crippen LogP) is 4.70. The number of para-hydroxylation sites is 1. The molecule has 0 unspecified atom stereocenters. The van der Waals surface area contributed by atoms with Gasteiger partial charge in [0, 0.05) is 31.3 Å². The molecule has 0 radical (unpaired) electrons. The van der Waals surface area contributed by atoms with Gasteiger partial charge in [0.05, 0.1) is 10.0 Å². The van der Waals surface area contributed by atoms with E-state index in [1.807, 2.05) is 42.3 Å². The van der Waals surface area contributed by atoms with Crippen LogP contribution in [0.5, 0.6) is 0 Å². The maximum Gasteiger partial charge on any atom is 0.166 e. The molecule has 2 nitrogen and oxygen atoms in total. The Labute approximate surface area is 128 Å². The van der Waals surface area contributed by atoms with Gasteiger partial charge in [-0.1, -0.05) is 47.5 Å². The molecule has 0 N–H and O–H groups in total. The molecular formula is C16H15Cl2NO. The molecule has 0 saturated heterocycles. The first-order valence-electron chi connectivity index (χ1n) is 6.33. The first kappa shape index (κ1) is 14.9. The highest BCUT2D eigenvalue weighted by Crippen LogP contribution is 2.26. The summed E-state index contributed by atoms with van der Waals surface area (Å²) in [5.74, 6) is 0.000260. The van der Waals surface area contributed by atoms with E-state index in [4.69, 9.17) is 23.2 Å². The Morgan fingerprint density at radius 3 is 2.45 bits per heavy atom. The summed E-state index contributed by atoms with van der Waals surface area (Å²) < 4.78 is 0. The summed E-state index contributed by atoms with van der Waals surface area (Å²) in [5.41, 5.74) is 1.57. The van der Waals surface area contributed by atoms with Crippen LogP contribution in [0, 0.1) is 0 Å². The third-order valence-electron chi connectivity index (χ3n) is 3.12. The van der Waals surface area contributed by atoms with E-state index in [-0.39, 0.29) is 5.78 Å². The SMILES string of the molecule is CN(CCC(=O)c1cccc(Cl)c1Cl)c1ccccc1. The third-order valence-corrected chi connectivity index (χ3v) is 3.94. The summed E-state index contributed by atoms with van der Waals surface area (Å²) in [7, 11) is 1.96. The summed E-state index contributed by atoms with van der Waals surface area (Å²) in [6.07, 6.45) is 0.394. The molecule has 4 heteroatoms. The lowest BCUT2D eigenvalue weighted by atomic mass is 10.1. The quantitative estimate of drug-likeness (QED) is 0.746. The molecule has 0 saturated carbocycles. The molecule has 2 rings (SSSR count). The summed E-state index contributed by atoms with van der Waals surface area (Å²) in [6.45, 7) is 0.631. The molecule has 2 aromatic carbocycles. The molecule has 0 aliphatic heterocycles. The summed E-state index contributed by atoms with van der Waals surface area (Å²) in [4.78, 5) is 14.2. The average molecular weight is 308 g/mol. The molecule has 20 heavy (non-hydrogen) atoms. The Hall–Kier alpha value is -1.51. The molecule has 104 valence electrons. The van der Waals surface area contributed by atoms with Gasteiger partial charge in [0.25, 0.3) is 0 Å². The van der Waals surface area contributed by atoms with Crippen LogP contribution in [0.15, 0.2) is 48.5 Å². The van der Waals surface area contributed by atoms with Crippen molar-refractivity contribution in [1.82, 2.24) is 0 Å². The Balaban J connectivity index is 2.01. The number of halogens is 2. The number of hydrogen-bond acceptors (Lipinski definition) is 2. The Morgan fingerprint density at radius 1 is 1.05 bits per heavy atom. The zero-order valence-corrected chi connectivity index (χ0v) is 12.7. The zero-order chi connectivity index (χ0) is 14.5. The van der Waals surface area contributed by atoms with Crippen LogP contribution in [0.25, 0.3) is 0 Å². The highest BCUT2D eigenvalue weighted by molar-refractivity contribution is 6.43. The topological polar surface area (TPSA) is 20.3 Å². The van der Waals surface area contributed by atoms with Gasteiger partial charge in [0.1, 0.15) is 0 Å². The summed E-state index contributed by atoms with van der Waals surface area (Å²) in [5, 5.41) is 0.746. The molecule has 0 fully saturated rings. The minimum absolute atomic E-state index is 0.000260. The van der Waals surface area contributed by atoms with Gasteiger partial charge in [-0.05, 0) is 24.3 Å². The minimum Gasteiger partial charge on any atom is -0.374 e. The first-order valence-corrected chi connectivity index (χ1v) is 7.08. The van der Waals surface area contributed by atoms with E-state index in [2.05, 4.69) is 0 Å². The van der Waals surface area contributed by atoms with Crippen LogP contribution in [0.3, 0.4) is 0 Å². The summed E-state index contributed by atoms with van der Waals surface area (Å²) >= 11 is 12.0. The monoisotopic (exact) mass is 307 g/mol. The van der Waals surface area contributed by atoms with E-state index in [1.165, 1.54) is 0 Å². The lowest BCUT2D eigenvalue weighted by Gasteiger charge is -2.18. The second-order valence-corrected chi connectivity index (χ2v) is 5.32. The molecule has 0 atom stereocenters. The molecule has 0 bridgehead atoms. The molecular weight excluding hydrogens is 293 g/mol. The van der Waals surface area contributed by atoms with Crippen molar-refractivity contribution in [3.63, 3.8) is 0 Å². The lowest BCUT2D eigenvalue weighted by Crippen LogP contribution is -2.21. The number of anilines is 1. The Kier molecular flexibility index (Phi) is 5.05. The van der Waals surface area contributed by atoms with Gasteiger partial charge >= 0.3 is 0 Å². The first-order chi connectivity index (χ1) is 9.59. The van der Waals surface area contributed by atoms with Crippen molar-refractivity contribution in [2.45, 2.75) is 6.42 Å². The lowest BCUT2D eigenvalue weighted by molar-refractivity contribution is 0.0985. The van der Waals surface area contributed by atoms with Crippen molar-refractivity contribution in [3.05, 3.63) is 64.1 Å². The van der Waals surface area contributed by atoms with Crippen molar-refractivity contribution < 1.29 is 4.79 Å². The number of ketones is 1. The van der Waals surface area contributed by atoms with Gasteiger partial charge in [-0.15, -0.1) is 0 Å². The van der Waals surface area contributed by atoms with Gasteiger partial charge < -0.3 is 4.90 Å². The molecule has 0 spiro atoms. The second-order valence-electron chi connectivity index (χ2n) is 4.53. The van der Waals surface area contributed by atoms with E-state index >= 15 is 0 Å². The Morgan fingerprint density at radius 2 is 1.75 bits per heavy atom. The fraction of sp³-hybridized carbons (Fsp3) is 0.188. The maximum absolute atomic E-state index is 12.2. The number of rotatable bonds is 5. The highest BCUT2D eigenvalue weighted by Gasteiger charge is 2.13. The van der Waals surface area contributed by atoms with Crippen molar-refractivity contribution in [2.75, 3.05) is 18.5 Å². The van der Waals surface area contributed by atoms with E-state index < -0.39 is 0 Å². The summed E-state index contributed by atoms with van der Waals surface area (Å²) in [6, 6.07) is 15.1. The van der Waals surface area contributed by atoms with Crippen LogP contribution in [-0.4, -0.2) is 19.4 Å². The normalized spacial score (nSPS) is 10.3. The van der Waals surface area contributed by atoms with E-state index in [0.29, 0.717) is 28.6 Å². The number of nitrogens with zero attached hydrogens (tertiary/aromatic N) is 1. The molecule has 0 aromatic heterocycles. The number of carbonyl (C=O) groups is 1. The van der Waals surface area contributed by atoms with Crippen LogP contribution in [0.4, 0.5) is 5.69 Å². The zero-order valence-electron chi connectivity index (χ0n) is 11.1. The standard InChI is InChI=1S/C16H15Cl2NO/c1-19(12-6-3-2-4-7-12)11-10-15(20)13-8-5-9-14(17)16(13)18/h2-9H,10-11H2,1H3. The van der Waals surface area contributed by atoms with Crippen LogP contribution in [0.2, 0.25) is 10.0 Å². The van der Waals surface area contributed by atoms with Gasteiger partial charge in [0.15, 0.2) is 5.78 Å².